The Morgan fingerprint density at radius 3 is 2.50 bits per heavy atom. The summed E-state index contributed by atoms with van der Waals surface area (Å²) >= 11 is 5.55. The molecule has 1 unspecified atom stereocenters. The Hall–Kier alpha value is -0.460. The fourth-order valence-corrected chi connectivity index (χ4v) is 2.94. The van der Waals surface area contributed by atoms with E-state index in [1.807, 2.05) is 12.1 Å². The lowest BCUT2D eigenvalue weighted by Gasteiger charge is -2.19. The third-order valence-electron chi connectivity index (χ3n) is 3.15. The minimum absolute atomic E-state index is 0.219. The molecule has 0 fully saturated rings. The van der Waals surface area contributed by atoms with Crippen molar-refractivity contribution < 1.29 is 4.39 Å². The second-order valence-electron chi connectivity index (χ2n) is 4.61. The van der Waals surface area contributed by atoms with E-state index in [9.17, 15) is 4.39 Å². The van der Waals surface area contributed by atoms with Crippen molar-refractivity contribution in [2.24, 2.45) is 0 Å². The summed E-state index contributed by atoms with van der Waals surface area (Å²) in [5, 5.41) is 3.49. The lowest BCUT2D eigenvalue weighted by Crippen LogP contribution is -2.23. The molecule has 2 aromatic carbocycles. The van der Waals surface area contributed by atoms with Crippen LogP contribution in [0.1, 0.15) is 24.1 Å². The first kappa shape index (κ1) is 15.9. The third-order valence-corrected chi connectivity index (χ3v) is 4.47. The maximum atomic E-state index is 13.3. The van der Waals surface area contributed by atoms with Crippen LogP contribution in [0, 0.1) is 9.39 Å². The predicted octanol–water partition coefficient (Wildman–Crippen LogP) is 5.09. The monoisotopic (exact) mass is 447 g/mol. The molecule has 20 heavy (non-hydrogen) atoms. The van der Waals surface area contributed by atoms with E-state index in [4.69, 9.17) is 0 Å². The molecule has 0 heterocycles. The summed E-state index contributed by atoms with van der Waals surface area (Å²) in [5.74, 6) is -0.219. The summed E-state index contributed by atoms with van der Waals surface area (Å²) in [6.07, 6.45) is 0.841. The summed E-state index contributed by atoms with van der Waals surface area (Å²) < 4.78 is 15.0. The standard InChI is InChI=1S/C16H16BrFIN/c1-2-20-16(12-4-6-13(19)7-5-12)10-11-3-8-15(18)14(17)9-11/h3-9,16,20H,2,10H2,1H3. The Morgan fingerprint density at radius 1 is 1.20 bits per heavy atom. The lowest BCUT2D eigenvalue weighted by atomic mass is 9.99. The van der Waals surface area contributed by atoms with Crippen LogP contribution in [0.25, 0.3) is 0 Å². The van der Waals surface area contributed by atoms with Crippen LogP contribution in [0.15, 0.2) is 46.9 Å². The zero-order valence-electron chi connectivity index (χ0n) is 11.2. The molecule has 0 amide bonds. The van der Waals surface area contributed by atoms with Crippen molar-refractivity contribution >= 4 is 38.5 Å². The van der Waals surface area contributed by atoms with Crippen molar-refractivity contribution in [3.05, 3.63) is 67.5 Å². The molecule has 2 aromatic rings. The highest BCUT2D eigenvalue weighted by molar-refractivity contribution is 14.1. The van der Waals surface area contributed by atoms with Crippen LogP contribution in [0.4, 0.5) is 4.39 Å². The molecule has 0 aliphatic rings. The van der Waals surface area contributed by atoms with E-state index in [0.717, 1.165) is 18.5 Å². The molecule has 0 saturated heterocycles. The van der Waals surface area contributed by atoms with Crippen molar-refractivity contribution in [2.45, 2.75) is 19.4 Å². The molecule has 1 nitrogen and oxygen atoms in total. The van der Waals surface area contributed by atoms with Crippen molar-refractivity contribution in [3.8, 4) is 0 Å². The van der Waals surface area contributed by atoms with Gasteiger partial charge in [0.2, 0.25) is 0 Å². The number of benzene rings is 2. The van der Waals surface area contributed by atoms with Gasteiger partial charge in [-0.2, -0.15) is 0 Å². The van der Waals surface area contributed by atoms with Gasteiger partial charge in [0.05, 0.1) is 4.47 Å². The first-order valence-electron chi connectivity index (χ1n) is 6.53. The number of nitrogens with one attached hydrogen (secondary N) is 1. The molecule has 0 radical (unpaired) electrons. The van der Waals surface area contributed by atoms with E-state index in [1.165, 1.54) is 15.2 Å². The van der Waals surface area contributed by atoms with Gasteiger partial charge in [-0.15, -0.1) is 0 Å². The fourth-order valence-electron chi connectivity index (χ4n) is 2.15. The topological polar surface area (TPSA) is 12.0 Å². The normalized spacial score (nSPS) is 12.4. The molecule has 0 aliphatic heterocycles. The molecule has 0 bridgehead atoms. The number of hydrogen-bond acceptors (Lipinski definition) is 1. The zero-order chi connectivity index (χ0) is 14.5. The van der Waals surface area contributed by atoms with Gasteiger partial charge >= 0.3 is 0 Å². The van der Waals surface area contributed by atoms with Crippen molar-refractivity contribution in [3.63, 3.8) is 0 Å². The van der Waals surface area contributed by atoms with E-state index in [0.29, 0.717) is 4.47 Å². The lowest BCUT2D eigenvalue weighted by molar-refractivity contribution is 0.548. The molecule has 0 saturated carbocycles. The Bertz CT molecular complexity index is 571. The van der Waals surface area contributed by atoms with Crippen LogP contribution in [0.5, 0.6) is 0 Å². The molecule has 0 aliphatic carbocycles. The number of likely N-dealkylation sites (N-methyl/N-ethyl adjacent to an activating group) is 1. The molecule has 1 atom stereocenters. The number of hydrogen-bond donors (Lipinski definition) is 1. The minimum atomic E-state index is -0.219. The second kappa shape index (κ2) is 7.52. The van der Waals surface area contributed by atoms with E-state index in [2.05, 4.69) is 75.0 Å². The summed E-state index contributed by atoms with van der Waals surface area (Å²) in [6, 6.07) is 14.0. The van der Waals surface area contributed by atoms with Gasteiger partial charge in [0.1, 0.15) is 5.82 Å². The molecule has 4 heteroatoms. The highest BCUT2D eigenvalue weighted by Crippen LogP contribution is 2.23. The molecular formula is C16H16BrFIN. The van der Waals surface area contributed by atoms with Gasteiger partial charge in [-0.3, -0.25) is 0 Å². The van der Waals surface area contributed by atoms with E-state index in [-0.39, 0.29) is 11.9 Å². The largest absolute Gasteiger partial charge is 0.310 e. The van der Waals surface area contributed by atoms with E-state index in [1.54, 1.807) is 0 Å². The molecule has 2 rings (SSSR count). The molecule has 106 valence electrons. The van der Waals surface area contributed by atoms with Gasteiger partial charge in [-0.05, 0) is 86.9 Å². The van der Waals surface area contributed by atoms with Crippen LogP contribution in [-0.4, -0.2) is 6.54 Å². The minimum Gasteiger partial charge on any atom is -0.310 e. The Kier molecular flexibility index (Phi) is 5.99. The van der Waals surface area contributed by atoms with Gasteiger partial charge in [0, 0.05) is 9.61 Å². The van der Waals surface area contributed by atoms with Gasteiger partial charge in [-0.1, -0.05) is 25.1 Å². The van der Waals surface area contributed by atoms with Crippen LogP contribution >= 0.6 is 38.5 Å². The highest BCUT2D eigenvalue weighted by Gasteiger charge is 2.12. The maximum absolute atomic E-state index is 13.3. The average molecular weight is 448 g/mol. The second-order valence-corrected chi connectivity index (χ2v) is 6.71. The molecular weight excluding hydrogens is 432 g/mol. The first-order valence-corrected chi connectivity index (χ1v) is 8.40. The van der Waals surface area contributed by atoms with Crippen LogP contribution in [0.3, 0.4) is 0 Å². The number of halogens is 3. The maximum Gasteiger partial charge on any atom is 0.137 e. The van der Waals surface area contributed by atoms with Gasteiger partial charge in [0.15, 0.2) is 0 Å². The summed E-state index contributed by atoms with van der Waals surface area (Å²) in [7, 11) is 0. The third kappa shape index (κ3) is 4.27. The van der Waals surface area contributed by atoms with E-state index >= 15 is 0 Å². The predicted molar refractivity (Wildman–Crippen MR) is 93.4 cm³/mol. The van der Waals surface area contributed by atoms with Crippen LogP contribution in [0.2, 0.25) is 0 Å². The average Bonchev–Trinajstić information content (AvgIpc) is 2.43. The summed E-state index contributed by atoms with van der Waals surface area (Å²) in [6.45, 7) is 3.00. The molecule has 1 N–H and O–H groups in total. The van der Waals surface area contributed by atoms with E-state index < -0.39 is 0 Å². The smallest absolute Gasteiger partial charge is 0.137 e. The van der Waals surface area contributed by atoms with Crippen molar-refractivity contribution in [1.29, 1.82) is 0 Å². The summed E-state index contributed by atoms with van der Waals surface area (Å²) in [5.41, 5.74) is 2.37. The Balaban J connectivity index is 2.20. The van der Waals surface area contributed by atoms with Crippen molar-refractivity contribution in [1.82, 2.24) is 5.32 Å². The fraction of sp³-hybridized carbons (Fsp3) is 0.250. The van der Waals surface area contributed by atoms with Gasteiger partial charge in [0.25, 0.3) is 0 Å². The quantitative estimate of drug-likeness (QED) is 0.629. The van der Waals surface area contributed by atoms with Crippen LogP contribution < -0.4 is 5.32 Å². The highest BCUT2D eigenvalue weighted by atomic mass is 127. The Morgan fingerprint density at radius 2 is 1.90 bits per heavy atom. The SMILES string of the molecule is CCNC(Cc1ccc(F)c(Br)c1)c1ccc(I)cc1. The zero-order valence-corrected chi connectivity index (χ0v) is 14.9. The van der Waals surface area contributed by atoms with Crippen LogP contribution in [-0.2, 0) is 6.42 Å². The Labute approximate surface area is 141 Å². The van der Waals surface area contributed by atoms with Crippen molar-refractivity contribution in [2.75, 3.05) is 6.54 Å². The summed E-state index contributed by atoms with van der Waals surface area (Å²) in [4.78, 5) is 0. The molecule has 0 spiro atoms. The van der Waals surface area contributed by atoms with Gasteiger partial charge in [-0.25, -0.2) is 4.39 Å². The number of rotatable bonds is 5. The first-order chi connectivity index (χ1) is 9.60. The van der Waals surface area contributed by atoms with Gasteiger partial charge < -0.3 is 5.32 Å². The molecule has 0 aromatic heterocycles.